The van der Waals surface area contributed by atoms with Crippen LogP contribution >= 0.6 is 0 Å². The summed E-state index contributed by atoms with van der Waals surface area (Å²) in [5.41, 5.74) is 8.10. The Bertz CT molecular complexity index is 1470. The molecule has 3 heterocycles. The number of hydrogen-bond acceptors (Lipinski definition) is 4. The number of nitrogens with one attached hydrogen (secondary N) is 2. The van der Waals surface area contributed by atoms with Gasteiger partial charge in [0.25, 0.3) is 0 Å². The lowest BCUT2D eigenvalue weighted by atomic mass is 10.00. The summed E-state index contributed by atoms with van der Waals surface area (Å²) in [6.45, 7) is 10.5. The summed E-state index contributed by atoms with van der Waals surface area (Å²) in [5.74, 6) is -0.0410. The molecule has 1 aliphatic carbocycles. The molecule has 33 heavy (non-hydrogen) atoms. The first-order chi connectivity index (χ1) is 15.8. The highest BCUT2D eigenvalue weighted by Crippen LogP contribution is 2.42. The maximum atomic E-state index is 14.3. The average molecular weight is 444 g/mol. The predicted molar refractivity (Wildman–Crippen MR) is 128 cm³/mol. The summed E-state index contributed by atoms with van der Waals surface area (Å²) in [6, 6.07) is 5.06. The topological polar surface area (TPSA) is 66.5 Å². The van der Waals surface area contributed by atoms with Crippen molar-refractivity contribution in [2.45, 2.75) is 27.2 Å². The van der Waals surface area contributed by atoms with E-state index in [4.69, 9.17) is 0 Å². The number of aromatic amines is 1. The summed E-state index contributed by atoms with van der Waals surface area (Å²) in [6.07, 6.45) is 5.64. The fourth-order valence-corrected chi connectivity index (χ4v) is 4.52. The monoisotopic (exact) mass is 443 g/mol. The lowest BCUT2D eigenvalue weighted by molar-refractivity contribution is 0.574. The molecule has 0 amide bonds. The number of aryl methyl sites for hydroxylation is 3. The van der Waals surface area contributed by atoms with Crippen LogP contribution in [0.5, 0.6) is 0 Å². The van der Waals surface area contributed by atoms with E-state index in [0.717, 1.165) is 50.2 Å². The highest BCUT2D eigenvalue weighted by molar-refractivity contribution is 6.17. The van der Waals surface area contributed by atoms with Crippen LogP contribution in [-0.2, 0) is 6.42 Å². The zero-order valence-electron chi connectivity index (χ0n) is 18.7. The molecule has 0 fully saturated rings. The summed E-state index contributed by atoms with van der Waals surface area (Å²) in [4.78, 5) is 15.8. The van der Waals surface area contributed by atoms with Gasteiger partial charge in [-0.2, -0.15) is 4.39 Å². The van der Waals surface area contributed by atoms with Gasteiger partial charge in [-0.1, -0.05) is 12.6 Å². The Morgan fingerprint density at radius 3 is 2.67 bits per heavy atom. The summed E-state index contributed by atoms with van der Waals surface area (Å²) >= 11 is 0. The molecule has 7 heteroatoms. The van der Waals surface area contributed by atoms with Gasteiger partial charge in [0.2, 0.25) is 5.95 Å². The molecule has 0 bridgehead atoms. The number of rotatable bonds is 5. The zero-order chi connectivity index (χ0) is 23.3. The second-order valence-corrected chi connectivity index (χ2v) is 8.37. The number of pyridine rings is 1. The standard InChI is InChI=1S/C26H23F2N5/c1-13-5-6-20(27)24-22(13)18(16(4)33-24)7-8-29-26-23-15(3)19(10-21(23)31-12-32-26)17-9-14(2)25(28)30-11-17/h5-6,9-12,33H,3,7-8H2,1-2,4H3,(H,29,31,32). The minimum Gasteiger partial charge on any atom is -0.369 e. The lowest BCUT2D eigenvalue weighted by Gasteiger charge is -2.12. The summed E-state index contributed by atoms with van der Waals surface area (Å²) in [7, 11) is 0. The van der Waals surface area contributed by atoms with E-state index in [-0.39, 0.29) is 5.82 Å². The molecule has 0 radical (unpaired) electrons. The number of anilines is 1. The van der Waals surface area contributed by atoms with Crippen LogP contribution < -0.4 is 5.32 Å². The number of halogens is 2. The first-order valence-electron chi connectivity index (χ1n) is 10.7. The molecule has 3 aromatic heterocycles. The van der Waals surface area contributed by atoms with E-state index in [1.54, 1.807) is 13.0 Å². The van der Waals surface area contributed by atoms with Crippen LogP contribution in [0, 0.1) is 32.5 Å². The van der Waals surface area contributed by atoms with E-state index in [1.807, 2.05) is 26.0 Å². The number of benzene rings is 1. The number of aromatic nitrogens is 4. The van der Waals surface area contributed by atoms with Crippen molar-refractivity contribution in [3.8, 4) is 0 Å². The van der Waals surface area contributed by atoms with Crippen LogP contribution in [-0.4, -0.2) is 26.5 Å². The van der Waals surface area contributed by atoms with Crippen LogP contribution in [0.3, 0.4) is 0 Å². The third-order valence-corrected chi connectivity index (χ3v) is 6.21. The van der Waals surface area contributed by atoms with Crippen LogP contribution in [0.25, 0.3) is 28.1 Å². The Labute approximate surface area is 190 Å². The fourth-order valence-electron chi connectivity index (χ4n) is 4.52. The molecule has 0 spiro atoms. The van der Waals surface area contributed by atoms with Crippen molar-refractivity contribution in [3.63, 3.8) is 0 Å². The average Bonchev–Trinajstić information content (AvgIpc) is 3.31. The lowest BCUT2D eigenvalue weighted by Crippen LogP contribution is -2.09. The van der Waals surface area contributed by atoms with Crippen molar-refractivity contribution < 1.29 is 8.78 Å². The van der Waals surface area contributed by atoms with Gasteiger partial charge in [-0.3, -0.25) is 0 Å². The van der Waals surface area contributed by atoms with Crippen LogP contribution in [0.2, 0.25) is 0 Å². The second-order valence-electron chi connectivity index (χ2n) is 8.37. The smallest absolute Gasteiger partial charge is 0.215 e. The normalized spacial score (nSPS) is 12.9. The van der Waals surface area contributed by atoms with E-state index >= 15 is 0 Å². The van der Waals surface area contributed by atoms with Crippen molar-refractivity contribution in [1.82, 2.24) is 19.9 Å². The van der Waals surface area contributed by atoms with Gasteiger partial charge in [0.05, 0.1) is 11.2 Å². The maximum absolute atomic E-state index is 14.3. The Morgan fingerprint density at radius 2 is 1.88 bits per heavy atom. The van der Waals surface area contributed by atoms with Gasteiger partial charge in [0.1, 0.15) is 18.0 Å². The Hall–Kier alpha value is -3.87. The molecular weight excluding hydrogens is 420 g/mol. The number of hydrogen-bond donors (Lipinski definition) is 2. The largest absolute Gasteiger partial charge is 0.369 e. The van der Waals surface area contributed by atoms with Crippen molar-refractivity contribution in [2.75, 3.05) is 11.9 Å². The van der Waals surface area contributed by atoms with E-state index in [0.29, 0.717) is 29.9 Å². The first-order valence-corrected chi connectivity index (χ1v) is 10.7. The minimum absolute atomic E-state index is 0.244. The molecule has 2 N–H and O–H groups in total. The third kappa shape index (κ3) is 3.50. The summed E-state index contributed by atoms with van der Waals surface area (Å²) in [5, 5.41) is 4.34. The molecule has 0 atom stereocenters. The number of nitrogens with zero attached hydrogens (tertiary/aromatic N) is 3. The molecule has 1 aliphatic rings. The van der Waals surface area contributed by atoms with Crippen molar-refractivity contribution in [1.29, 1.82) is 0 Å². The van der Waals surface area contributed by atoms with E-state index in [2.05, 4.69) is 31.8 Å². The highest BCUT2D eigenvalue weighted by atomic mass is 19.1. The third-order valence-electron chi connectivity index (χ3n) is 6.21. The molecule has 5 nitrogen and oxygen atoms in total. The van der Waals surface area contributed by atoms with Gasteiger partial charge in [0.15, 0.2) is 0 Å². The van der Waals surface area contributed by atoms with Crippen LogP contribution in [0.1, 0.15) is 39.2 Å². The van der Waals surface area contributed by atoms with Crippen LogP contribution in [0.15, 0.2) is 37.3 Å². The SMILES string of the molecule is C=C1C(c2cnc(F)c(C)c2)=Cc2ncnc(NCCc3c(C)[nH]c4c(F)ccc(C)c34)c21. The fraction of sp³-hybridized carbons (Fsp3) is 0.192. The van der Waals surface area contributed by atoms with E-state index < -0.39 is 5.95 Å². The van der Waals surface area contributed by atoms with Crippen molar-refractivity contribution >= 4 is 33.9 Å². The molecule has 0 saturated heterocycles. The molecule has 1 aromatic carbocycles. The zero-order valence-corrected chi connectivity index (χ0v) is 18.7. The Morgan fingerprint density at radius 1 is 1.06 bits per heavy atom. The molecule has 166 valence electrons. The van der Waals surface area contributed by atoms with Gasteiger partial charge < -0.3 is 10.3 Å². The van der Waals surface area contributed by atoms with Gasteiger partial charge >= 0.3 is 0 Å². The van der Waals surface area contributed by atoms with Gasteiger partial charge in [-0.15, -0.1) is 0 Å². The number of H-pyrrole nitrogens is 1. The van der Waals surface area contributed by atoms with Gasteiger partial charge in [0, 0.05) is 40.5 Å². The van der Waals surface area contributed by atoms with E-state index in [1.165, 1.54) is 18.6 Å². The molecule has 5 rings (SSSR count). The second kappa shape index (κ2) is 7.92. The van der Waals surface area contributed by atoms with Crippen molar-refractivity contribution in [2.24, 2.45) is 0 Å². The van der Waals surface area contributed by atoms with Crippen molar-refractivity contribution in [3.05, 3.63) is 88.3 Å². The maximum Gasteiger partial charge on any atom is 0.215 e. The first kappa shape index (κ1) is 21.0. The highest BCUT2D eigenvalue weighted by Gasteiger charge is 2.24. The minimum atomic E-state index is -0.481. The Balaban J connectivity index is 1.39. The van der Waals surface area contributed by atoms with E-state index in [9.17, 15) is 8.78 Å². The number of allylic oxidation sites excluding steroid dienone is 2. The number of fused-ring (bicyclic) bond motifs is 2. The van der Waals surface area contributed by atoms with Gasteiger partial charge in [-0.25, -0.2) is 19.3 Å². The Kier molecular flexibility index (Phi) is 5.04. The summed E-state index contributed by atoms with van der Waals surface area (Å²) < 4.78 is 27.9. The predicted octanol–water partition coefficient (Wildman–Crippen LogP) is 5.78. The molecular formula is C26H23F2N5. The molecule has 0 aliphatic heterocycles. The molecule has 0 unspecified atom stereocenters. The molecule has 0 saturated carbocycles. The quantitative estimate of drug-likeness (QED) is 0.384. The van der Waals surface area contributed by atoms with Crippen LogP contribution in [0.4, 0.5) is 14.6 Å². The van der Waals surface area contributed by atoms with Gasteiger partial charge in [-0.05, 0) is 67.7 Å². The molecule has 4 aromatic rings.